The van der Waals surface area contributed by atoms with Gasteiger partial charge >= 0.3 is 0 Å². The molecule has 0 aromatic heterocycles. The van der Waals surface area contributed by atoms with Gasteiger partial charge in [0.15, 0.2) is 0 Å². The van der Waals surface area contributed by atoms with E-state index >= 15 is 0 Å². The number of nitrogens with one attached hydrogen (secondary N) is 1. The average Bonchev–Trinajstić information content (AvgIpc) is 3.24. The number of benzene rings is 1. The van der Waals surface area contributed by atoms with Crippen LogP contribution in [0.5, 0.6) is 0 Å². The van der Waals surface area contributed by atoms with Crippen molar-refractivity contribution in [3.05, 3.63) is 59.2 Å². The molecule has 1 amide bonds. The van der Waals surface area contributed by atoms with Crippen molar-refractivity contribution < 1.29 is 15.0 Å². The lowest BCUT2D eigenvalue weighted by molar-refractivity contribution is -0.133. The number of aliphatic hydroxyl groups is 2. The fraction of sp³-hybridized carbons (Fsp3) is 0.607. The topological polar surface area (TPSA) is 72.8 Å². The minimum Gasteiger partial charge on any atom is -0.392 e. The summed E-state index contributed by atoms with van der Waals surface area (Å²) >= 11 is 0. The number of rotatable bonds is 9. The van der Waals surface area contributed by atoms with Crippen LogP contribution in [0.25, 0.3) is 0 Å². The lowest BCUT2D eigenvalue weighted by atomic mass is 9.89. The summed E-state index contributed by atoms with van der Waals surface area (Å²) in [6.45, 7) is 9.65. The van der Waals surface area contributed by atoms with E-state index in [1.54, 1.807) is 4.90 Å². The second-order valence-electron chi connectivity index (χ2n) is 10.9. The Hall–Kier alpha value is -1.95. The maximum Gasteiger partial charge on any atom is 0.224 e. The van der Waals surface area contributed by atoms with E-state index in [9.17, 15) is 15.0 Å². The molecule has 5 nitrogen and oxygen atoms in total. The van der Waals surface area contributed by atoms with E-state index < -0.39 is 6.10 Å². The van der Waals surface area contributed by atoms with E-state index in [1.165, 1.54) is 11.1 Å². The summed E-state index contributed by atoms with van der Waals surface area (Å²) in [4.78, 5) is 14.1. The highest BCUT2D eigenvalue weighted by atomic mass is 16.3. The normalized spacial score (nSPS) is 25.8. The first-order valence-corrected chi connectivity index (χ1v) is 12.3. The minimum atomic E-state index is -0.544. The molecule has 1 fully saturated rings. The molecule has 2 aliphatic rings. The van der Waals surface area contributed by atoms with Crippen LogP contribution in [-0.2, 0) is 11.2 Å². The number of carbonyl (C=O) groups excluding carboxylic acids is 1. The van der Waals surface area contributed by atoms with Gasteiger partial charge < -0.3 is 20.4 Å². The zero-order chi connectivity index (χ0) is 24.2. The summed E-state index contributed by atoms with van der Waals surface area (Å²) in [5, 5.41) is 24.5. The predicted molar refractivity (Wildman–Crippen MR) is 134 cm³/mol. The number of hydrogen-bond acceptors (Lipinski definition) is 4. The third kappa shape index (κ3) is 7.02. The minimum absolute atomic E-state index is 0.0814. The molecule has 0 spiro atoms. The van der Waals surface area contributed by atoms with Crippen molar-refractivity contribution in [2.45, 2.75) is 71.1 Å². The summed E-state index contributed by atoms with van der Waals surface area (Å²) < 4.78 is 0. The Kier molecular flexibility index (Phi) is 8.54. The fourth-order valence-electron chi connectivity index (χ4n) is 5.13. The standard InChI is InChI=1S/C28H42N2O3/c1-19-7-6-8-20(13-19)15-23(31)9-10-24-25-16-21(14-22(25)17-26(24)32)18-29-12-11-27(33)30(5)28(2,3)4/h6-10,13-14,22-26,29,31-32H,11-12,15-18H2,1-5H3/t22-,23+,24+,25-,26+/m0/s1. The van der Waals surface area contributed by atoms with Crippen molar-refractivity contribution in [1.82, 2.24) is 10.2 Å². The highest BCUT2D eigenvalue weighted by Crippen LogP contribution is 2.47. The maximum absolute atomic E-state index is 12.3. The van der Waals surface area contributed by atoms with Crippen molar-refractivity contribution >= 4 is 5.91 Å². The van der Waals surface area contributed by atoms with Gasteiger partial charge in [0.2, 0.25) is 5.91 Å². The van der Waals surface area contributed by atoms with Gasteiger partial charge in [-0.2, -0.15) is 0 Å². The molecule has 1 aromatic carbocycles. The number of allylic oxidation sites excluding steroid dienone is 1. The molecule has 0 unspecified atom stereocenters. The number of amides is 1. The molecule has 5 atom stereocenters. The SMILES string of the molecule is Cc1cccc(C[C@H](O)C=C[C@@H]2[C@H]3CC(CNCCC(=O)N(C)C(C)(C)C)=C[C@H]3C[C@H]2O)c1. The molecule has 0 radical (unpaired) electrons. The first-order chi connectivity index (χ1) is 15.5. The van der Waals surface area contributed by atoms with Crippen LogP contribution in [0.3, 0.4) is 0 Å². The van der Waals surface area contributed by atoms with Crippen molar-refractivity contribution in [2.75, 3.05) is 20.1 Å². The largest absolute Gasteiger partial charge is 0.392 e. The first-order valence-electron chi connectivity index (χ1n) is 12.3. The number of nitrogens with zero attached hydrogens (tertiary/aromatic N) is 1. The van der Waals surface area contributed by atoms with Crippen molar-refractivity contribution in [1.29, 1.82) is 0 Å². The van der Waals surface area contributed by atoms with Gasteiger partial charge in [0, 0.05) is 44.4 Å². The molecule has 33 heavy (non-hydrogen) atoms. The quantitative estimate of drug-likeness (QED) is 0.394. The molecule has 0 aliphatic heterocycles. The molecule has 3 N–H and O–H groups in total. The number of aliphatic hydroxyl groups excluding tert-OH is 2. The Balaban J connectivity index is 1.45. The van der Waals surface area contributed by atoms with Crippen LogP contribution in [0.2, 0.25) is 0 Å². The lowest BCUT2D eigenvalue weighted by Gasteiger charge is -2.32. The zero-order valence-electron chi connectivity index (χ0n) is 20.9. The Bertz CT molecular complexity index is 870. The van der Waals surface area contributed by atoms with Crippen molar-refractivity contribution in [3.63, 3.8) is 0 Å². The molecule has 0 heterocycles. The average molecular weight is 455 g/mol. The number of fused-ring (bicyclic) bond motifs is 1. The van der Waals surface area contributed by atoms with Gasteiger partial charge in [-0.3, -0.25) is 4.79 Å². The summed E-state index contributed by atoms with van der Waals surface area (Å²) in [6, 6.07) is 8.22. The second kappa shape index (κ2) is 11.0. The van der Waals surface area contributed by atoms with E-state index in [4.69, 9.17) is 0 Å². The van der Waals surface area contributed by atoms with Gasteiger partial charge in [0.05, 0.1) is 12.2 Å². The van der Waals surface area contributed by atoms with E-state index in [0.717, 1.165) is 24.9 Å². The molecule has 2 aliphatic carbocycles. The van der Waals surface area contributed by atoms with Crippen LogP contribution in [-0.4, -0.2) is 58.9 Å². The molecule has 182 valence electrons. The van der Waals surface area contributed by atoms with Crippen molar-refractivity contribution in [2.24, 2.45) is 17.8 Å². The summed E-state index contributed by atoms with van der Waals surface area (Å²) in [7, 11) is 1.86. The van der Waals surface area contributed by atoms with Gasteiger partial charge in [-0.25, -0.2) is 0 Å². The van der Waals surface area contributed by atoms with Gasteiger partial charge in [-0.1, -0.05) is 53.6 Å². The van der Waals surface area contributed by atoms with Crippen LogP contribution in [0.15, 0.2) is 48.1 Å². The molecule has 0 saturated heterocycles. The van der Waals surface area contributed by atoms with Gasteiger partial charge in [0.25, 0.3) is 0 Å². The number of carbonyl (C=O) groups is 1. The van der Waals surface area contributed by atoms with Gasteiger partial charge in [-0.15, -0.1) is 0 Å². The monoisotopic (exact) mass is 454 g/mol. The highest BCUT2D eigenvalue weighted by Gasteiger charge is 2.43. The van der Waals surface area contributed by atoms with Crippen LogP contribution in [0.4, 0.5) is 0 Å². The molecule has 0 bridgehead atoms. The third-order valence-corrected chi connectivity index (χ3v) is 7.28. The molecular weight excluding hydrogens is 412 g/mol. The summed E-state index contributed by atoms with van der Waals surface area (Å²) in [5.74, 6) is 1.03. The molecule has 5 heteroatoms. The van der Waals surface area contributed by atoms with Gasteiger partial charge in [-0.05, 0) is 57.9 Å². The summed E-state index contributed by atoms with van der Waals surface area (Å²) in [5.41, 5.74) is 3.54. The Labute approximate surface area is 199 Å². The maximum atomic E-state index is 12.3. The van der Waals surface area contributed by atoms with E-state index in [-0.39, 0.29) is 23.5 Å². The Morgan fingerprint density at radius 1 is 1.33 bits per heavy atom. The van der Waals surface area contributed by atoms with Crippen LogP contribution in [0.1, 0.15) is 51.2 Å². The Morgan fingerprint density at radius 2 is 2.09 bits per heavy atom. The molecular formula is C28H42N2O3. The van der Waals surface area contributed by atoms with E-state index in [0.29, 0.717) is 31.2 Å². The molecule has 1 aromatic rings. The zero-order valence-corrected chi connectivity index (χ0v) is 20.9. The highest BCUT2D eigenvalue weighted by molar-refractivity contribution is 5.76. The van der Waals surface area contributed by atoms with Crippen LogP contribution in [0, 0.1) is 24.7 Å². The smallest absolute Gasteiger partial charge is 0.224 e. The van der Waals surface area contributed by atoms with Gasteiger partial charge in [0.1, 0.15) is 0 Å². The predicted octanol–water partition coefficient (Wildman–Crippen LogP) is 3.63. The number of aryl methyl sites for hydroxylation is 1. The van der Waals surface area contributed by atoms with Crippen LogP contribution < -0.4 is 5.32 Å². The first kappa shape index (κ1) is 25.7. The summed E-state index contributed by atoms with van der Waals surface area (Å²) in [6.07, 6.45) is 8.17. The Morgan fingerprint density at radius 3 is 2.79 bits per heavy atom. The second-order valence-corrected chi connectivity index (χ2v) is 10.9. The molecule has 1 saturated carbocycles. The van der Waals surface area contributed by atoms with E-state index in [1.807, 2.05) is 52.1 Å². The fourth-order valence-corrected chi connectivity index (χ4v) is 5.13. The van der Waals surface area contributed by atoms with Crippen molar-refractivity contribution in [3.8, 4) is 0 Å². The lowest BCUT2D eigenvalue weighted by Crippen LogP contribution is -2.43. The number of hydrogen-bond donors (Lipinski definition) is 3. The van der Waals surface area contributed by atoms with E-state index in [2.05, 4.69) is 30.4 Å². The van der Waals surface area contributed by atoms with Crippen LogP contribution >= 0.6 is 0 Å². The molecule has 3 rings (SSSR count). The third-order valence-electron chi connectivity index (χ3n) is 7.28.